The Bertz CT molecular complexity index is 852. The summed E-state index contributed by atoms with van der Waals surface area (Å²) in [6.45, 7) is 5.84. The molecule has 1 unspecified atom stereocenters. The lowest BCUT2D eigenvalue weighted by molar-refractivity contribution is -0.122. The summed E-state index contributed by atoms with van der Waals surface area (Å²) in [6, 6.07) is 17.2. The lowest BCUT2D eigenvalue weighted by atomic mass is 10.2. The van der Waals surface area contributed by atoms with Crippen LogP contribution in [0.4, 0.5) is 5.82 Å². The Hall–Kier alpha value is -3.08. The van der Waals surface area contributed by atoms with Gasteiger partial charge >= 0.3 is 0 Å². The molecule has 128 valence electrons. The Morgan fingerprint density at radius 1 is 1.08 bits per heavy atom. The van der Waals surface area contributed by atoms with Crippen molar-refractivity contribution in [3.05, 3.63) is 72.2 Å². The first kappa shape index (κ1) is 16.8. The van der Waals surface area contributed by atoms with Gasteiger partial charge in [-0.05, 0) is 57.2 Å². The van der Waals surface area contributed by atoms with Crippen LogP contribution in [-0.2, 0) is 4.79 Å². The molecule has 0 aliphatic heterocycles. The number of rotatable bonds is 5. The third-order valence-corrected chi connectivity index (χ3v) is 3.95. The van der Waals surface area contributed by atoms with Crippen molar-refractivity contribution in [1.82, 2.24) is 9.55 Å². The molecule has 5 nitrogen and oxygen atoms in total. The van der Waals surface area contributed by atoms with Crippen LogP contribution in [0.25, 0.3) is 5.69 Å². The van der Waals surface area contributed by atoms with Crippen LogP contribution in [-0.4, -0.2) is 21.6 Å². The molecule has 3 rings (SSSR count). The molecule has 25 heavy (non-hydrogen) atoms. The van der Waals surface area contributed by atoms with Gasteiger partial charge in [-0.2, -0.15) is 0 Å². The van der Waals surface area contributed by atoms with Crippen LogP contribution in [0.2, 0.25) is 0 Å². The molecule has 0 aliphatic carbocycles. The lowest BCUT2D eigenvalue weighted by Crippen LogP contribution is -2.30. The fourth-order valence-corrected chi connectivity index (χ4v) is 2.69. The van der Waals surface area contributed by atoms with Gasteiger partial charge in [-0.15, -0.1) is 0 Å². The second-order valence-electron chi connectivity index (χ2n) is 5.91. The molecule has 1 aromatic carbocycles. The van der Waals surface area contributed by atoms with Gasteiger partial charge in [0.15, 0.2) is 6.10 Å². The van der Waals surface area contributed by atoms with E-state index in [9.17, 15) is 4.79 Å². The van der Waals surface area contributed by atoms with E-state index in [1.807, 2.05) is 30.3 Å². The van der Waals surface area contributed by atoms with E-state index in [-0.39, 0.29) is 5.91 Å². The molecule has 0 radical (unpaired) electrons. The van der Waals surface area contributed by atoms with Crippen LogP contribution >= 0.6 is 0 Å². The number of hydrogen-bond acceptors (Lipinski definition) is 3. The number of nitrogens with one attached hydrogen (secondary N) is 1. The second kappa shape index (κ2) is 7.21. The van der Waals surface area contributed by atoms with Gasteiger partial charge in [0.2, 0.25) is 0 Å². The molecule has 1 amide bonds. The number of nitrogens with zero attached hydrogens (tertiary/aromatic N) is 2. The number of hydrogen-bond donors (Lipinski definition) is 1. The van der Waals surface area contributed by atoms with E-state index < -0.39 is 6.10 Å². The van der Waals surface area contributed by atoms with Crippen molar-refractivity contribution in [3.63, 3.8) is 0 Å². The Morgan fingerprint density at radius 3 is 2.52 bits per heavy atom. The van der Waals surface area contributed by atoms with Crippen LogP contribution in [0.1, 0.15) is 18.3 Å². The third-order valence-electron chi connectivity index (χ3n) is 3.95. The molecule has 1 atom stereocenters. The molecule has 0 saturated carbocycles. The second-order valence-corrected chi connectivity index (χ2v) is 5.91. The highest BCUT2D eigenvalue weighted by Crippen LogP contribution is 2.22. The van der Waals surface area contributed by atoms with Crippen molar-refractivity contribution in [3.8, 4) is 11.4 Å². The standard InChI is InChI=1S/C20H21N3O2/c1-14-10-11-15(2)23(14)17-7-6-8-18(13-17)25-16(3)20(24)22-19-9-4-5-12-21-19/h4-13,16H,1-3H3,(H,21,22,24). The first-order valence-electron chi connectivity index (χ1n) is 8.18. The van der Waals surface area contributed by atoms with Gasteiger partial charge in [0.05, 0.1) is 0 Å². The molecule has 2 heterocycles. The maximum Gasteiger partial charge on any atom is 0.266 e. The van der Waals surface area contributed by atoms with E-state index in [1.165, 1.54) is 0 Å². The maximum absolute atomic E-state index is 12.3. The summed E-state index contributed by atoms with van der Waals surface area (Å²) in [4.78, 5) is 16.3. The minimum absolute atomic E-state index is 0.238. The third kappa shape index (κ3) is 3.88. The predicted molar refractivity (Wildman–Crippen MR) is 98.2 cm³/mol. The summed E-state index contributed by atoms with van der Waals surface area (Å²) >= 11 is 0. The SMILES string of the molecule is Cc1ccc(C)n1-c1cccc(OC(C)C(=O)Nc2ccccn2)c1. The first-order chi connectivity index (χ1) is 12.0. The number of amides is 1. The minimum Gasteiger partial charge on any atom is -0.481 e. The summed E-state index contributed by atoms with van der Waals surface area (Å²) in [5.74, 6) is 0.918. The largest absolute Gasteiger partial charge is 0.481 e. The fraction of sp³-hybridized carbons (Fsp3) is 0.200. The Kier molecular flexibility index (Phi) is 4.84. The van der Waals surface area contributed by atoms with Crippen LogP contribution in [0, 0.1) is 13.8 Å². The summed E-state index contributed by atoms with van der Waals surface area (Å²) in [6.07, 6.45) is 0.996. The first-order valence-corrected chi connectivity index (χ1v) is 8.18. The number of carbonyl (C=O) groups excluding carboxylic acids is 1. The van der Waals surface area contributed by atoms with E-state index in [0.717, 1.165) is 17.1 Å². The number of benzene rings is 1. The van der Waals surface area contributed by atoms with Crippen LogP contribution < -0.4 is 10.1 Å². The Balaban J connectivity index is 1.72. The van der Waals surface area contributed by atoms with E-state index >= 15 is 0 Å². The van der Waals surface area contributed by atoms with Crippen LogP contribution in [0.5, 0.6) is 5.75 Å². The van der Waals surface area contributed by atoms with Crippen molar-refractivity contribution < 1.29 is 9.53 Å². The summed E-state index contributed by atoms with van der Waals surface area (Å²) in [5.41, 5.74) is 3.31. The molecule has 0 fully saturated rings. The van der Waals surface area contributed by atoms with Gasteiger partial charge in [-0.1, -0.05) is 12.1 Å². The molecular formula is C20H21N3O2. The summed E-state index contributed by atoms with van der Waals surface area (Å²) in [7, 11) is 0. The van der Waals surface area contributed by atoms with Gasteiger partial charge in [0.1, 0.15) is 11.6 Å². The van der Waals surface area contributed by atoms with Crippen molar-refractivity contribution in [2.24, 2.45) is 0 Å². The van der Waals surface area contributed by atoms with Crippen molar-refractivity contribution >= 4 is 11.7 Å². The molecule has 0 saturated heterocycles. The predicted octanol–water partition coefficient (Wildman–Crippen LogP) is 3.90. The van der Waals surface area contributed by atoms with Gasteiger partial charge in [0.25, 0.3) is 5.91 Å². The Labute approximate surface area is 147 Å². The maximum atomic E-state index is 12.3. The zero-order chi connectivity index (χ0) is 17.8. The summed E-state index contributed by atoms with van der Waals surface area (Å²) in [5, 5.41) is 2.74. The molecule has 1 N–H and O–H groups in total. The molecule has 0 aliphatic rings. The van der Waals surface area contributed by atoms with Crippen LogP contribution in [0.3, 0.4) is 0 Å². The fourth-order valence-electron chi connectivity index (χ4n) is 2.69. The van der Waals surface area contributed by atoms with E-state index in [0.29, 0.717) is 11.6 Å². The van der Waals surface area contributed by atoms with Crippen LogP contribution in [0.15, 0.2) is 60.8 Å². The highest BCUT2D eigenvalue weighted by Gasteiger charge is 2.16. The quantitative estimate of drug-likeness (QED) is 0.769. The monoisotopic (exact) mass is 335 g/mol. The molecule has 3 aromatic rings. The summed E-state index contributed by atoms with van der Waals surface area (Å²) < 4.78 is 7.96. The average molecular weight is 335 g/mol. The molecular weight excluding hydrogens is 314 g/mol. The average Bonchev–Trinajstić information content (AvgIpc) is 2.94. The number of pyridine rings is 1. The van der Waals surface area contributed by atoms with Crippen molar-refractivity contribution in [1.29, 1.82) is 0 Å². The number of ether oxygens (including phenoxy) is 1. The number of carbonyl (C=O) groups is 1. The number of aromatic nitrogens is 2. The number of anilines is 1. The topological polar surface area (TPSA) is 56.1 Å². The van der Waals surface area contributed by atoms with Gasteiger partial charge in [-0.3, -0.25) is 4.79 Å². The zero-order valence-electron chi connectivity index (χ0n) is 14.6. The minimum atomic E-state index is -0.635. The normalized spacial score (nSPS) is 11.8. The zero-order valence-corrected chi connectivity index (χ0v) is 14.6. The molecule has 0 spiro atoms. The van der Waals surface area contributed by atoms with Gasteiger partial charge < -0.3 is 14.6 Å². The highest BCUT2D eigenvalue weighted by atomic mass is 16.5. The smallest absolute Gasteiger partial charge is 0.266 e. The lowest BCUT2D eigenvalue weighted by Gasteiger charge is -2.16. The molecule has 0 bridgehead atoms. The number of aryl methyl sites for hydroxylation is 2. The molecule has 2 aromatic heterocycles. The highest BCUT2D eigenvalue weighted by molar-refractivity contribution is 5.93. The van der Waals surface area contributed by atoms with Gasteiger partial charge in [0, 0.05) is 29.3 Å². The van der Waals surface area contributed by atoms with Crippen molar-refractivity contribution in [2.45, 2.75) is 26.9 Å². The van der Waals surface area contributed by atoms with E-state index in [4.69, 9.17) is 4.74 Å². The van der Waals surface area contributed by atoms with E-state index in [1.54, 1.807) is 25.3 Å². The molecule has 5 heteroatoms. The van der Waals surface area contributed by atoms with Crippen molar-refractivity contribution in [2.75, 3.05) is 5.32 Å². The Morgan fingerprint density at radius 2 is 1.84 bits per heavy atom. The van der Waals surface area contributed by atoms with E-state index in [2.05, 4.69) is 40.8 Å². The van der Waals surface area contributed by atoms with Gasteiger partial charge in [-0.25, -0.2) is 4.98 Å².